The molecule has 3 aromatic rings. The van der Waals surface area contributed by atoms with Crippen LogP contribution in [0.25, 0.3) is 15.9 Å². The van der Waals surface area contributed by atoms with Crippen LogP contribution >= 0.6 is 22.9 Å². The normalized spacial score (nSPS) is 15.1. The van der Waals surface area contributed by atoms with Crippen LogP contribution in [0.5, 0.6) is 0 Å². The highest BCUT2D eigenvalue weighted by molar-refractivity contribution is 7.20. The molecule has 152 valence electrons. The number of aryl methyl sites for hydroxylation is 1. The van der Waals surface area contributed by atoms with Crippen LogP contribution in [0.3, 0.4) is 0 Å². The van der Waals surface area contributed by atoms with Gasteiger partial charge >= 0.3 is 0 Å². The Morgan fingerprint density at radius 3 is 2.52 bits per heavy atom. The summed E-state index contributed by atoms with van der Waals surface area (Å²) in [6.45, 7) is 4.95. The highest BCUT2D eigenvalue weighted by Crippen LogP contribution is 2.31. The van der Waals surface area contributed by atoms with Crippen molar-refractivity contribution in [2.24, 2.45) is 0 Å². The van der Waals surface area contributed by atoms with Crippen molar-refractivity contribution in [2.45, 2.75) is 6.92 Å². The first-order valence-corrected chi connectivity index (χ1v) is 10.6. The first kappa shape index (κ1) is 19.9. The molecule has 1 aliphatic rings. The second-order valence-corrected chi connectivity index (χ2v) is 8.51. The molecule has 0 aliphatic carbocycles. The number of rotatable bonds is 4. The van der Waals surface area contributed by atoms with Crippen molar-refractivity contribution in [3.8, 4) is 5.69 Å². The summed E-state index contributed by atoms with van der Waals surface area (Å²) in [6.07, 6.45) is 0. The quantitative estimate of drug-likeness (QED) is 0.689. The van der Waals surface area contributed by atoms with Gasteiger partial charge < -0.3 is 10.2 Å². The number of benzene rings is 1. The number of piperazine rings is 1. The molecule has 2 amide bonds. The fourth-order valence-electron chi connectivity index (χ4n) is 3.46. The van der Waals surface area contributed by atoms with Crippen molar-refractivity contribution in [3.63, 3.8) is 0 Å². The lowest BCUT2D eigenvalue weighted by Gasteiger charge is -2.34. The first-order valence-electron chi connectivity index (χ1n) is 9.43. The van der Waals surface area contributed by atoms with Gasteiger partial charge in [-0.25, -0.2) is 4.68 Å². The van der Waals surface area contributed by atoms with E-state index in [0.717, 1.165) is 21.6 Å². The fourth-order valence-corrected chi connectivity index (χ4v) is 4.73. The van der Waals surface area contributed by atoms with Crippen LogP contribution in [0.15, 0.2) is 30.3 Å². The van der Waals surface area contributed by atoms with Crippen LogP contribution in [0.1, 0.15) is 15.4 Å². The molecule has 1 aliphatic heterocycles. The van der Waals surface area contributed by atoms with E-state index in [2.05, 4.69) is 15.3 Å². The van der Waals surface area contributed by atoms with Crippen LogP contribution in [0, 0.1) is 6.92 Å². The summed E-state index contributed by atoms with van der Waals surface area (Å²) < 4.78 is 1.86. The Balaban J connectivity index is 1.53. The van der Waals surface area contributed by atoms with E-state index in [4.69, 9.17) is 11.6 Å². The highest BCUT2D eigenvalue weighted by Gasteiger charge is 2.25. The van der Waals surface area contributed by atoms with Gasteiger partial charge in [-0.1, -0.05) is 11.6 Å². The molecule has 4 rings (SSSR count). The number of nitrogens with one attached hydrogen (secondary N) is 1. The van der Waals surface area contributed by atoms with E-state index in [0.29, 0.717) is 42.6 Å². The molecule has 2 aromatic heterocycles. The van der Waals surface area contributed by atoms with Gasteiger partial charge in [0.1, 0.15) is 4.83 Å². The maximum absolute atomic E-state index is 13.0. The number of carbonyl (C=O) groups is 2. The summed E-state index contributed by atoms with van der Waals surface area (Å²) in [7, 11) is 1.64. The first-order chi connectivity index (χ1) is 14.0. The Hall–Kier alpha value is -2.42. The number of aromatic nitrogens is 2. The molecule has 0 spiro atoms. The molecule has 0 saturated carbocycles. The average Bonchev–Trinajstić information content (AvgIpc) is 3.29. The Labute approximate surface area is 177 Å². The number of hydrogen-bond acceptors (Lipinski definition) is 5. The van der Waals surface area contributed by atoms with Gasteiger partial charge in [0, 0.05) is 43.6 Å². The monoisotopic (exact) mass is 431 g/mol. The molecule has 0 bridgehead atoms. The average molecular weight is 432 g/mol. The minimum absolute atomic E-state index is 0.00323. The van der Waals surface area contributed by atoms with Crippen LogP contribution in [0.4, 0.5) is 0 Å². The van der Waals surface area contributed by atoms with Gasteiger partial charge in [0.25, 0.3) is 5.91 Å². The molecule has 0 radical (unpaired) electrons. The van der Waals surface area contributed by atoms with Crippen LogP contribution < -0.4 is 5.32 Å². The minimum atomic E-state index is -0.00323. The van der Waals surface area contributed by atoms with E-state index in [1.807, 2.05) is 46.8 Å². The fraction of sp³-hybridized carbons (Fsp3) is 0.350. The molecule has 3 heterocycles. The Bertz CT molecular complexity index is 1050. The zero-order valence-electron chi connectivity index (χ0n) is 16.3. The maximum Gasteiger partial charge on any atom is 0.264 e. The summed E-state index contributed by atoms with van der Waals surface area (Å²) in [5.74, 6) is 0.0318. The van der Waals surface area contributed by atoms with Crippen LogP contribution in [-0.2, 0) is 4.79 Å². The number of fused-ring (bicyclic) bond motifs is 1. The number of halogens is 1. The lowest BCUT2D eigenvalue weighted by atomic mass is 10.2. The number of amides is 2. The van der Waals surface area contributed by atoms with Gasteiger partial charge in [0.15, 0.2) is 0 Å². The van der Waals surface area contributed by atoms with Crippen molar-refractivity contribution in [1.29, 1.82) is 0 Å². The summed E-state index contributed by atoms with van der Waals surface area (Å²) in [6, 6.07) is 9.44. The molecule has 7 nitrogen and oxygen atoms in total. The van der Waals surface area contributed by atoms with Crippen LogP contribution in [0.2, 0.25) is 5.02 Å². The van der Waals surface area contributed by atoms with Crippen molar-refractivity contribution >= 4 is 45.0 Å². The van der Waals surface area contributed by atoms with Gasteiger partial charge in [-0.2, -0.15) is 5.10 Å². The lowest BCUT2D eigenvalue weighted by Crippen LogP contribution is -2.50. The SMILES string of the molecule is CNC(=O)CN1CCN(C(=O)c2cc3c(C)nn(-c4ccc(Cl)cc4)c3s2)CC1. The standard InChI is InChI=1S/C20H22ClN5O2S/c1-13-16-11-17(19(28)25-9-7-24(8-10-25)12-18(27)22-2)29-20(16)26(23-13)15-5-3-14(21)4-6-15/h3-6,11H,7-10,12H2,1-2H3,(H,22,27). The van der Waals surface area contributed by atoms with E-state index < -0.39 is 0 Å². The van der Waals surface area contributed by atoms with Gasteiger partial charge in [-0.15, -0.1) is 11.3 Å². The zero-order valence-corrected chi connectivity index (χ0v) is 17.9. The third kappa shape index (κ3) is 4.01. The predicted octanol–water partition coefficient (Wildman–Crippen LogP) is 2.55. The van der Waals surface area contributed by atoms with Gasteiger partial charge in [-0.05, 0) is 37.3 Å². The molecule has 0 unspecified atom stereocenters. The Morgan fingerprint density at radius 2 is 1.86 bits per heavy atom. The highest BCUT2D eigenvalue weighted by atomic mass is 35.5. The molecule has 1 aromatic carbocycles. The number of hydrogen-bond donors (Lipinski definition) is 1. The molecule has 1 N–H and O–H groups in total. The summed E-state index contributed by atoms with van der Waals surface area (Å²) in [4.78, 5) is 30.2. The summed E-state index contributed by atoms with van der Waals surface area (Å²) in [5.41, 5.74) is 1.80. The third-order valence-electron chi connectivity index (χ3n) is 5.13. The Kier molecular flexibility index (Phi) is 5.58. The zero-order chi connectivity index (χ0) is 20.5. The molecule has 9 heteroatoms. The summed E-state index contributed by atoms with van der Waals surface area (Å²) >= 11 is 7.46. The molecular formula is C20H22ClN5O2S. The number of thiophene rings is 1. The smallest absolute Gasteiger partial charge is 0.264 e. The van der Waals surface area contributed by atoms with Gasteiger partial charge in [-0.3, -0.25) is 14.5 Å². The molecule has 1 fully saturated rings. The number of likely N-dealkylation sites (N-methyl/N-ethyl adjacent to an activating group) is 1. The minimum Gasteiger partial charge on any atom is -0.358 e. The van der Waals surface area contributed by atoms with Gasteiger partial charge in [0.05, 0.1) is 22.8 Å². The van der Waals surface area contributed by atoms with Gasteiger partial charge in [0.2, 0.25) is 5.91 Å². The summed E-state index contributed by atoms with van der Waals surface area (Å²) in [5, 5.41) is 8.92. The number of carbonyl (C=O) groups excluding carboxylic acids is 2. The van der Waals surface area contributed by atoms with E-state index >= 15 is 0 Å². The van der Waals surface area contributed by atoms with E-state index in [9.17, 15) is 9.59 Å². The largest absolute Gasteiger partial charge is 0.358 e. The van der Waals surface area contributed by atoms with E-state index in [1.54, 1.807) is 7.05 Å². The second-order valence-electron chi connectivity index (χ2n) is 7.04. The molecular weight excluding hydrogens is 410 g/mol. The predicted molar refractivity (Wildman–Crippen MR) is 115 cm³/mol. The molecule has 29 heavy (non-hydrogen) atoms. The van der Waals surface area contributed by atoms with Crippen molar-refractivity contribution in [1.82, 2.24) is 24.9 Å². The number of nitrogens with zero attached hydrogens (tertiary/aromatic N) is 4. The van der Waals surface area contributed by atoms with Crippen molar-refractivity contribution in [2.75, 3.05) is 39.8 Å². The second kappa shape index (κ2) is 8.14. The maximum atomic E-state index is 13.0. The molecule has 0 atom stereocenters. The van der Waals surface area contributed by atoms with E-state index in [-0.39, 0.29) is 11.8 Å². The van der Waals surface area contributed by atoms with Crippen molar-refractivity contribution in [3.05, 3.63) is 45.9 Å². The van der Waals surface area contributed by atoms with Crippen LogP contribution in [-0.4, -0.2) is 71.2 Å². The molecule has 1 saturated heterocycles. The Morgan fingerprint density at radius 1 is 1.17 bits per heavy atom. The van der Waals surface area contributed by atoms with E-state index in [1.165, 1.54) is 11.3 Å². The lowest BCUT2D eigenvalue weighted by molar-refractivity contribution is -0.122. The van der Waals surface area contributed by atoms with Crippen molar-refractivity contribution < 1.29 is 9.59 Å². The third-order valence-corrected chi connectivity index (χ3v) is 6.48. The topological polar surface area (TPSA) is 70.5 Å².